The minimum atomic E-state index is -1.83. The molecule has 2 fully saturated rings. The predicted molar refractivity (Wildman–Crippen MR) is 262 cm³/mol. The first-order valence-corrected chi connectivity index (χ1v) is 24.7. The summed E-state index contributed by atoms with van der Waals surface area (Å²) < 4.78 is 5.94. The molecule has 11 atom stereocenters. The van der Waals surface area contributed by atoms with Gasteiger partial charge < -0.3 is 62.2 Å². The van der Waals surface area contributed by atoms with Gasteiger partial charge >= 0.3 is 5.97 Å². The predicted octanol–water partition coefficient (Wildman–Crippen LogP) is 0.448. The molecule has 2 saturated heterocycles. The average Bonchev–Trinajstić information content (AvgIpc) is 3.32. The van der Waals surface area contributed by atoms with E-state index >= 15 is 0 Å². The minimum absolute atomic E-state index is 0.0000496. The summed E-state index contributed by atoms with van der Waals surface area (Å²) in [7, 11) is 1.40. The van der Waals surface area contributed by atoms with Gasteiger partial charge in [0.25, 0.3) is 0 Å². The lowest BCUT2D eigenvalue weighted by Gasteiger charge is -2.43. The topological polar surface area (TPSA) is 316 Å². The number of benzene rings is 2. The molecule has 0 aromatic heterocycles. The van der Waals surface area contributed by atoms with Crippen molar-refractivity contribution in [1.82, 2.24) is 36.4 Å². The minimum Gasteiger partial charge on any atom is -0.508 e. The first kappa shape index (κ1) is 58.0. The molecule has 2 aromatic rings. The average molecular weight is 1010 g/mol. The van der Waals surface area contributed by atoms with E-state index in [1.807, 2.05) is 13.8 Å². The number of aliphatic hydroxyl groups is 2. The van der Waals surface area contributed by atoms with Crippen molar-refractivity contribution in [2.75, 3.05) is 7.05 Å². The Morgan fingerprint density at radius 3 is 2.04 bits per heavy atom. The Hall–Kier alpha value is -6.61. The van der Waals surface area contributed by atoms with E-state index in [2.05, 4.69) is 26.6 Å². The maximum absolute atomic E-state index is 14.8. The van der Waals surface area contributed by atoms with E-state index in [1.165, 1.54) is 43.1 Å². The zero-order chi connectivity index (χ0) is 53.6. The molecule has 21 nitrogen and oxygen atoms in total. The number of amides is 8. The van der Waals surface area contributed by atoms with Crippen LogP contribution >= 0.6 is 0 Å². The van der Waals surface area contributed by atoms with E-state index in [0.717, 1.165) is 4.90 Å². The maximum atomic E-state index is 14.8. The third-order valence-corrected chi connectivity index (χ3v) is 13.0. The van der Waals surface area contributed by atoms with Gasteiger partial charge in [0.2, 0.25) is 47.3 Å². The van der Waals surface area contributed by atoms with E-state index in [1.54, 1.807) is 58.0 Å². The maximum Gasteiger partial charge on any atom is 0.329 e. The van der Waals surface area contributed by atoms with Crippen molar-refractivity contribution in [2.24, 2.45) is 23.5 Å². The van der Waals surface area contributed by atoms with Crippen LogP contribution in [0.5, 0.6) is 5.75 Å². The Balaban J connectivity index is 1.83. The molecule has 2 bridgehead atoms. The van der Waals surface area contributed by atoms with Gasteiger partial charge in [-0.2, -0.15) is 0 Å². The van der Waals surface area contributed by atoms with Crippen LogP contribution in [-0.2, 0) is 60.7 Å². The number of rotatable bonds is 17. The van der Waals surface area contributed by atoms with Crippen LogP contribution in [0.3, 0.4) is 0 Å². The zero-order valence-corrected chi connectivity index (χ0v) is 42.5. The molecule has 0 spiro atoms. The molecule has 396 valence electrons. The van der Waals surface area contributed by atoms with E-state index in [9.17, 15) is 58.5 Å². The Labute approximate surface area is 420 Å². The van der Waals surface area contributed by atoms with Crippen molar-refractivity contribution in [3.63, 3.8) is 0 Å². The Kier molecular flexibility index (Phi) is 21.5. The summed E-state index contributed by atoms with van der Waals surface area (Å²) in [6.07, 6.45) is -5.52. The molecule has 0 aliphatic carbocycles. The largest absolute Gasteiger partial charge is 0.508 e. The highest BCUT2D eigenvalue weighted by molar-refractivity contribution is 5.98. The number of phenolic OH excluding ortho intramolecular Hbond substituents is 1. The number of esters is 1. The monoisotopic (exact) mass is 1010 g/mol. The van der Waals surface area contributed by atoms with Crippen molar-refractivity contribution in [2.45, 2.75) is 167 Å². The van der Waals surface area contributed by atoms with Crippen LogP contribution in [0.15, 0.2) is 54.6 Å². The van der Waals surface area contributed by atoms with E-state index in [-0.39, 0.29) is 56.1 Å². The summed E-state index contributed by atoms with van der Waals surface area (Å²) in [5, 5.41) is 45.0. The smallest absolute Gasteiger partial charge is 0.329 e. The number of nitrogens with one attached hydrogen (secondary N) is 5. The number of ether oxygens (including phenoxy) is 1. The van der Waals surface area contributed by atoms with E-state index in [0.29, 0.717) is 17.5 Å². The van der Waals surface area contributed by atoms with E-state index in [4.69, 9.17) is 10.5 Å². The van der Waals surface area contributed by atoms with Crippen LogP contribution in [-0.4, -0.2) is 146 Å². The number of piperidine rings is 1. The van der Waals surface area contributed by atoms with Gasteiger partial charge in [-0.25, -0.2) is 4.79 Å². The zero-order valence-electron chi connectivity index (χ0n) is 42.5. The lowest BCUT2D eigenvalue weighted by molar-refractivity contribution is -0.166. The number of carbonyl (C=O) groups excluding carboxylic acids is 9. The molecule has 2 heterocycles. The first-order chi connectivity index (χ1) is 33.9. The SMILES string of the molecule is CC[C@H](C)[C@@H]1NC(=O)[C@H](Cc2ccccc2)N(C)C(=O)[C@H](CC(C)C)N2C(=O)[C@H](CC[C@H]2O)NC(=O)[C@H](CC(C)C)NC(=O)[C@@H](NC(=O)[C@H](CCC(N)=O)NC(=O)[C@H](O)Cc2ccc(O)cc2)[C@@H](C)OC1=O. The highest BCUT2D eigenvalue weighted by atomic mass is 16.5. The second kappa shape index (κ2) is 26.7. The third-order valence-electron chi connectivity index (χ3n) is 13.0. The number of aliphatic hydroxyl groups excluding tert-OH is 2. The molecule has 0 saturated carbocycles. The number of hydrogen-bond acceptors (Lipinski definition) is 13. The van der Waals surface area contributed by atoms with Gasteiger partial charge in [-0.05, 0) is 80.0 Å². The first-order valence-electron chi connectivity index (χ1n) is 24.7. The number of fused-ring (bicyclic) bond motifs is 2. The Morgan fingerprint density at radius 2 is 1.44 bits per heavy atom. The molecular weight excluding hydrogens is 933 g/mol. The van der Waals surface area contributed by atoms with Crippen LogP contribution in [0.4, 0.5) is 0 Å². The Bertz CT molecular complexity index is 2230. The molecular formula is C51H74N8O13. The van der Waals surface area contributed by atoms with Crippen molar-refractivity contribution in [3.05, 3.63) is 65.7 Å². The molecule has 2 aromatic carbocycles. The number of hydrogen-bond donors (Lipinski definition) is 9. The molecule has 2 aliphatic rings. The number of cyclic esters (lactones) is 1. The van der Waals surface area contributed by atoms with Gasteiger partial charge in [-0.1, -0.05) is 90.4 Å². The fourth-order valence-corrected chi connectivity index (χ4v) is 8.71. The number of aromatic hydroxyl groups is 1. The molecule has 8 amide bonds. The molecule has 21 heteroatoms. The second-order valence-corrected chi connectivity index (χ2v) is 19.8. The fraction of sp³-hybridized carbons (Fsp3) is 0.588. The lowest BCUT2D eigenvalue weighted by atomic mass is 9.94. The lowest BCUT2D eigenvalue weighted by Crippen LogP contribution is -2.65. The summed E-state index contributed by atoms with van der Waals surface area (Å²) in [4.78, 5) is 129. The number of primary amides is 1. The molecule has 72 heavy (non-hydrogen) atoms. The van der Waals surface area contributed by atoms with Crippen molar-refractivity contribution >= 4 is 53.2 Å². The summed E-state index contributed by atoms with van der Waals surface area (Å²) in [6.45, 7) is 11.9. The van der Waals surface area contributed by atoms with Gasteiger partial charge in [0.05, 0.1) is 0 Å². The van der Waals surface area contributed by atoms with Gasteiger partial charge in [-0.3, -0.25) is 38.4 Å². The standard InChI is InChI=1S/C51H74N8O13/c1-9-29(6)42-51(71)72-30(7)43(57-44(64)34(19-21-40(52)62)53-47(67)39(61)26-32-15-17-33(60)18-16-32)48(68)55-36(23-27(2)3)45(65)54-35-20-22-41(63)59(49(35)69)38(24-28(4)5)50(70)58(8)37(46(66)56-42)25-31-13-11-10-12-14-31/h10-18,27-30,34-39,41-43,60-61,63H,9,19-26H2,1-8H3,(H2,52,62)(H,53,67)(H,54,65)(H,55,68)(H,56,66)(H,57,64)/t29-,30+,34-,35-,36-,37-,38-,39+,41+,42-,43-/m0/s1. The number of nitrogens with zero attached hydrogens (tertiary/aromatic N) is 2. The number of phenols is 1. The van der Waals surface area contributed by atoms with E-state index < -0.39 is 133 Å². The van der Waals surface area contributed by atoms with Crippen molar-refractivity contribution in [1.29, 1.82) is 0 Å². The van der Waals surface area contributed by atoms with Crippen LogP contribution in [0, 0.1) is 17.8 Å². The van der Waals surface area contributed by atoms with Gasteiger partial charge in [0.15, 0.2) is 0 Å². The van der Waals surface area contributed by atoms with Crippen LogP contribution in [0.25, 0.3) is 0 Å². The fourth-order valence-electron chi connectivity index (χ4n) is 8.71. The highest BCUT2D eigenvalue weighted by Gasteiger charge is 2.46. The third kappa shape index (κ3) is 16.2. The number of carbonyl (C=O) groups is 9. The van der Waals surface area contributed by atoms with Gasteiger partial charge in [0.1, 0.15) is 66.5 Å². The number of nitrogens with two attached hydrogens (primary N) is 1. The summed E-state index contributed by atoms with van der Waals surface area (Å²) in [5.74, 6) is -9.14. The second-order valence-electron chi connectivity index (χ2n) is 19.8. The molecule has 10 N–H and O–H groups in total. The summed E-state index contributed by atoms with van der Waals surface area (Å²) in [6, 6.07) is 4.42. The molecule has 2 aliphatic heterocycles. The van der Waals surface area contributed by atoms with Gasteiger partial charge in [-0.15, -0.1) is 0 Å². The quantitative estimate of drug-likeness (QED) is 0.0974. The van der Waals surface area contributed by atoms with Crippen molar-refractivity contribution in [3.8, 4) is 5.75 Å². The van der Waals surface area contributed by atoms with Crippen LogP contribution < -0.4 is 32.3 Å². The van der Waals surface area contributed by atoms with Gasteiger partial charge in [0, 0.05) is 26.3 Å². The molecule has 4 rings (SSSR count). The van der Waals surface area contributed by atoms with Crippen LogP contribution in [0.1, 0.15) is 105 Å². The Morgan fingerprint density at radius 1 is 0.806 bits per heavy atom. The number of likely N-dealkylation sites (N-methyl/N-ethyl adjacent to an activating group) is 1. The van der Waals surface area contributed by atoms with Crippen molar-refractivity contribution < 1.29 is 63.2 Å². The molecule has 0 radical (unpaired) electrons. The highest BCUT2D eigenvalue weighted by Crippen LogP contribution is 2.27. The normalized spacial score (nSPS) is 25.2. The van der Waals surface area contributed by atoms with Crippen LogP contribution in [0.2, 0.25) is 0 Å². The summed E-state index contributed by atoms with van der Waals surface area (Å²) in [5.41, 5.74) is 6.54. The molecule has 0 unspecified atom stereocenters. The summed E-state index contributed by atoms with van der Waals surface area (Å²) >= 11 is 0.